The molecule has 2 rings (SSSR count). The molecule has 0 aromatic rings. The molecule has 2 saturated carbocycles. The number of hydrogen-bond donors (Lipinski definition) is 1. The molecule has 0 aliphatic heterocycles. The van der Waals surface area contributed by atoms with Crippen molar-refractivity contribution in [3.8, 4) is 0 Å². The van der Waals surface area contributed by atoms with Gasteiger partial charge in [0.2, 0.25) is 0 Å². The Bertz CT molecular complexity index is 330. The maximum atomic E-state index is 11.1. The standard InChI is InChI=1S/C15H24O/c1-11(2)13-7-9-14(4)8-5-12(3)6-10-15(13,14)16/h13,16H,1,3,5-10H2,2,4H3/t13-,14?,15?/m1/s1. The second-order valence-electron chi connectivity index (χ2n) is 6.17. The monoisotopic (exact) mass is 220 g/mol. The van der Waals surface area contributed by atoms with Gasteiger partial charge in [-0.2, -0.15) is 0 Å². The van der Waals surface area contributed by atoms with Crippen molar-refractivity contribution in [3.63, 3.8) is 0 Å². The first-order valence-corrected chi connectivity index (χ1v) is 6.43. The van der Waals surface area contributed by atoms with Crippen LogP contribution in [0.3, 0.4) is 0 Å². The highest BCUT2D eigenvalue weighted by atomic mass is 16.3. The van der Waals surface area contributed by atoms with E-state index in [2.05, 4.69) is 27.0 Å². The number of aliphatic hydroxyl groups is 1. The predicted octanol–water partition coefficient (Wildman–Crippen LogP) is 3.84. The zero-order valence-corrected chi connectivity index (χ0v) is 10.7. The third-order valence-corrected chi connectivity index (χ3v) is 5.09. The van der Waals surface area contributed by atoms with Gasteiger partial charge in [0.15, 0.2) is 0 Å². The van der Waals surface area contributed by atoms with Crippen molar-refractivity contribution in [3.05, 3.63) is 24.3 Å². The Morgan fingerprint density at radius 3 is 2.56 bits per heavy atom. The van der Waals surface area contributed by atoms with E-state index in [0.717, 1.165) is 44.1 Å². The summed E-state index contributed by atoms with van der Waals surface area (Å²) in [6.45, 7) is 12.5. The van der Waals surface area contributed by atoms with Crippen LogP contribution in [-0.4, -0.2) is 10.7 Å². The topological polar surface area (TPSA) is 20.2 Å². The normalized spacial score (nSPS) is 43.9. The van der Waals surface area contributed by atoms with Gasteiger partial charge in [0, 0.05) is 5.92 Å². The average Bonchev–Trinajstić information content (AvgIpc) is 2.41. The van der Waals surface area contributed by atoms with E-state index < -0.39 is 5.60 Å². The van der Waals surface area contributed by atoms with E-state index >= 15 is 0 Å². The van der Waals surface area contributed by atoms with Gasteiger partial charge in [-0.05, 0) is 50.9 Å². The van der Waals surface area contributed by atoms with Gasteiger partial charge in [-0.3, -0.25) is 0 Å². The van der Waals surface area contributed by atoms with Crippen LogP contribution in [0.1, 0.15) is 52.4 Å². The van der Waals surface area contributed by atoms with Crippen LogP contribution in [0.5, 0.6) is 0 Å². The van der Waals surface area contributed by atoms with Crippen molar-refractivity contribution < 1.29 is 5.11 Å². The Kier molecular flexibility index (Phi) is 2.78. The van der Waals surface area contributed by atoms with Crippen LogP contribution in [0.2, 0.25) is 0 Å². The predicted molar refractivity (Wildman–Crippen MR) is 68.2 cm³/mol. The highest BCUT2D eigenvalue weighted by Crippen LogP contribution is 2.58. The van der Waals surface area contributed by atoms with E-state index in [1.165, 1.54) is 5.57 Å². The summed E-state index contributed by atoms with van der Waals surface area (Å²) in [6, 6.07) is 0. The Labute approximate surface area is 99.3 Å². The molecule has 1 heteroatoms. The first-order valence-electron chi connectivity index (χ1n) is 6.43. The van der Waals surface area contributed by atoms with Gasteiger partial charge in [0.1, 0.15) is 0 Å². The fourth-order valence-corrected chi connectivity index (χ4v) is 3.76. The van der Waals surface area contributed by atoms with E-state index in [1.807, 2.05) is 0 Å². The van der Waals surface area contributed by atoms with Crippen molar-refractivity contribution >= 4 is 0 Å². The van der Waals surface area contributed by atoms with Crippen molar-refractivity contribution in [1.29, 1.82) is 0 Å². The third kappa shape index (κ3) is 1.57. The summed E-state index contributed by atoms with van der Waals surface area (Å²) in [5, 5.41) is 11.1. The summed E-state index contributed by atoms with van der Waals surface area (Å²) in [4.78, 5) is 0. The molecule has 2 unspecified atom stereocenters. The van der Waals surface area contributed by atoms with Crippen LogP contribution < -0.4 is 0 Å². The van der Waals surface area contributed by atoms with Gasteiger partial charge in [-0.25, -0.2) is 0 Å². The number of fused-ring (bicyclic) bond motifs is 1. The average molecular weight is 220 g/mol. The fraction of sp³-hybridized carbons (Fsp3) is 0.733. The molecule has 0 saturated heterocycles. The van der Waals surface area contributed by atoms with E-state index in [1.54, 1.807) is 0 Å². The fourth-order valence-electron chi connectivity index (χ4n) is 3.76. The van der Waals surface area contributed by atoms with Gasteiger partial charge in [-0.1, -0.05) is 31.2 Å². The molecule has 3 atom stereocenters. The lowest BCUT2D eigenvalue weighted by Crippen LogP contribution is -2.46. The molecule has 2 fully saturated rings. The lowest BCUT2D eigenvalue weighted by atomic mass is 9.68. The van der Waals surface area contributed by atoms with Crippen molar-refractivity contribution in [1.82, 2.24) is 0 Å². The summed E-state index contributed by atoms with van der Waals surface area (Å²) in [5.41, 5.74) is 2.01. The SMILES string of the molecule is C=C1CCC2(C)CC[C@H](C(=C)C)C2(O)CC1. The van der Waals surface area contributed by atoms with Crippen LogP contribution >= 0.6 is 0 Å². The highest BCUT2D eigenvalue weighted by molar-refractivity contribution is 5.19. The summed E-state index contributed by atoms with van der Waals surface area (Å²) < 4.78 is 0. The quantitative estimate of drug-likeness (QED) is 0.666. The second-order valence-corrected chi connectivity index (χ2v) is 6.17. The lowest BCUT2D eigenvalue weighted by molar-refractivity contribution is -0.0796. The van der Waals surface area contributed by atoms with E-state index in [-0.39, 0.29) is 5.41 Å². The molecule has 0 heterocycles. The molecule has 0 spiro atoms. The van der Waals surface area contributed by atoms with E-state index in [9.17, 15) is 5.11 Å². The molecule has 0 radical (unpaired) electrons. The van der Waals surface area contributed by atoms with Crippen molar-refractivity contribution in [2.75, 3.05) is 0 Å². The molecule has 2 aliphatic carbocycles. The van der Waals surface area contributed by atoms with Gasteiger partial charge in [0.25, 0.3) is 0 Å². The summed E-state index contributed by atoms with van der Waals surface area (Å²) >= 11 is 0. The van der Waals surface area contributed by atoms with E-state index in [4.69, 9.17) is 0 Å². The zero-order chi connectivity index (χ0) is 12.0. The van der Waals surface area contributed by atoms with Gasteiger partial charge >= 0.3 is 0 Å². The summed E-state index contributed by atoms with van der Waals surface area (Å²) in [7, 11) is 0. The maximum Gasteiger partial charge on any atom is 0.0768 e. The van der Waals surface area contributed by atoms with Crippen LogP contribution in [0.25, 0.3) is 0 Å². The van der Waals surface area contributed by atoms with Gasteiger partial charge < -0.3 is 5.11 Å². The van der Waals surface area contributed by atoms with Gasteiger partial charge in [0.05, 0.1) is 5.60 Å². The maximum absolute atomic E-state index is 11.1. The largest absolute Gasteiger partial charge is 0.389 e. The van der Waals surface area contributed by atoms with Crippen molar-refractivity contribution in [2.24, 2.45) is 11.3 Å². The molecular weight excluding hydrogens is 196 g/mol. The molecule has 2 aliphatic rings. The van der Waals surface area contributed by atoms with E-state index in [0.29, 0.717) is 5.92 Å². The molecule has 16 heavy (non-hydrogen) atoms. The zero-order valence-electron chi connectivity index (χ0n) is 10.7. The van der Waals surface area contributed by atoms with Crippen molar-refractivity contribution in [2.45, 2.75) is 58.0 Å². The molecule has 0 amide bonds. The number of hydrogen-bond acceptors (Lipinski definition) is 1. The number of rotatable bonds is 1. The smallest absolute Gasteiger partial charge is 0.0768 e. The minimum absolute atomic E-state index is 0.0794. The molecule has 90 valence electrons. The first-order chi connectivity index (χ1) is 7.39. The molecule has 1 N–H and O–H groups in total. The summed E-state index contributed by atoms with van der Waals surface area (Å²) in [6.07, 6.45) is 6.27. The van der Waals surface area contributed by atoms with Crippen LogP contribution in [-0.2, 0) is 0 Å². The summed E-state index contributed by atoms with van der Waals surface area (Å²) in [5.74, 6) is 0.295. The molecule has 0 aromatic carbocycles. The Morgan fingerprint density at radius 1 is 1.31 bits per heavy atom. The van der Waals surface area contributed by atoms with Gasteiger partial charge in [-0.15, -0.1) is 0 Å². The number of allylic oxidation sites excluding steroid dienone is 1. The third-order valence-electron chi connectivity index (χ3n) is 5.09. The molecular formula is C15H24O. The molecule has 1 nitrogen and oxygen atoms in total. The minimum atomic E-state index is -0.529. The highest BCUT2D eigenvalue weighted by Gasteiger charge is 2.56. The Morgan fingerprint density at radius 2 is 1.94 bits per heavy atom. The minimum Gasteiger partial charge on any atom is -0.389 e. The van der Waals surface area contributed by atoms with Crippen LogP contribution in [0.15, 0.2) is 24.3 Å². The lowest BCUT2D eigenvalue weighted by Gasteiger charge is -2.42. The molecule has 0 bridgehead atoms. The van der Waals surface area contributed by atoms with Crippen LogP contribution in [0, 0.1) is 11.3 Å². The second kappa shape index (κ2) is 3.73. The van der Waals surface area contributed by atoms with Crippen LogP contribution in [0.4, 0.5) is 0 Å². The Balaban J connectivity index is 2.35. The Hall–Kier alpha value is -0.560. The first kappa shape index (κ1) is 11.9. The molecule has 0 aromatic heterocycles.